The molecule has 2 aromatic rings. The van der Waals surface area contributed by atoms with Crippen LogP contribution in [0.4, 0.5) is 10.1 Å². The van der Waals surface area contributed by atoms with Crippen molar-refractivity contribution in [3.63, 3.8) is 0 Å². The highest BCUT2D eigenvalue weighted by Gasteiger charge is 2.33. The molecule has 0 aromatic heterocycles. The summed E-state index contributed by atoms with van der Waals surface area (Å²) in [5.41, 5.74) is 0.548. The van der Waals surface area contributed by atoms with Crippen molar-refractivity contribution in [2.45, 2.75) is 17.7 Å². The van der Waals surface area contributed by atoms with Crippen LogP contribution in [0, 0.1) is 11.7 Å². The van der Waals surface area contributed by atoms with Gasteiger partial charge >= 0.3 is 0 Å². The van der Waals surface area contributed by atoms with E-state index < -0.39 is 21.8 Å². The van der Waals surface area contributed by atoms with Crippen molar-refractivity contribution >= 4 is 49.1 Å². The fourth-order valence-corrected chi connectivity index (χ4v) is 4.90. The van der Waals surface area contributed by atoms with Gasteiger partial charge in [-0.2, -0.15) is 4.31 Å². The van der Waals surface area contributed by atoms with Crippen molar-refractivity contribution < 1.29 is 17.6 Å². The summed E-state index contributed by atoms with van der Waals surface area (Å²) in [5, 5.41) is 3.25. The minimum atomic E-state index is -3.77. The van der Waals surface area contributed by atoms with Crippen molar-refractivity contribution in [3.05, 3.63) is 57.8 Å². The standard InChI is InChI=1S/C18H17BrClFN2O3S/c19-16-8-5-14(10-17(16)20)22-18(24)12-2-1-9-23(11-12)27(25,26)15-6-3-13(21)4-7-15/h3-8,10,12H,1-2,9,11H2,(H,22,24). The van der Waals surface area contributed by atoms with Gasteiger partial charge in [0.05, 0.1) is 15.8 Å². The van der Waals surface area contributed by atoms with E-state index in [0.717, 1.165) is 16.6 Å². The molecule has 5 nitrogen and oxygen atoms in total. The first-order valence-electron chi connectivity index (χ1n) is 8.29. The summed E-state index contributed by atoms with van der Waals surface area (Å²) >= 11 is 9.32. The van der Waals surface area contributed by atoms with E-state index in [1.54, 1.807) is 18.2 Å². The molecule has 1 saturated heterocycles. The third-order valence-electron chi connectivity index (χ3n) is 4.39. The molecule has 0 saturated carbocycles. The third-order valence-corrected chi connectivity index (χ3v) is 7.51. The molecular formula is C18H17BrClFN2O3S. The predicted molar refractivity (Wildman–Crippen MR) is 106 cm³/mol. The number of carbonyl (C=O) groups excluding carboxylic acids is 1. The summed E-state index contributed by atoms with van der Waals surface area (Å²) in [6, 6.07) is 9.75. The molecule has 1 amide bonds. The van der Waals surface area contributed by atoms with Crippen molar-refractivity contribution in [3.8, 4) is 0 Å². The van der Waals surface area contributed by atoms with Gasteiger partial charge in [0, 0.05) is 23.2 Å². The molecule has 0 spiro atoms. The normalized spacial score (nSPS) is 18.3. The van der Waals surface area contributed by atoms with Crippen molar-refractivity contribution in [2.24, 2.45) is 5.92 Å². The fraction of sp³-hybridized carbons (Fsp3) is 0.278. The van der Waals surface area contributed by atoms with Gasteiger partial charge in [0.15, 0.2) is 0 Å². The van der Waals surface area contributed by atoms with Gasteiger partial charge in [-0.15, -0.1) is 0 Å². The Kier molecular flexibility index (Phi) is 6.20. The number of rotatable bonds is 4. The molecule has 1 unspecified atom stereocenters. The lowest BCUT2D eigenvalue weighted by molar-refractivity contribution is -0.120. The maximum Gasteiger partial charge on any atom is 0.243 e. The highest BCUT2D eigenvalue weighted by Crippen LogP contribution is 2.28. The minimum absolute atomic E-state index is 0.0182. The lowest BCUT2D eigenvalue weighted by Gasteiger charge is -2.31. The number of sulfonamides is 1. The van der Waals surface area contributed by atoms with Gasteiger partial charge in [0.25, 0.3) is 0 Å². The first-order valence-corrected chi connectivity index (χ1v) is 10.9. The monoisotopic (exact) mass is 474 g/mol. The Morgan fingerprint density at radius 2 is 1.93 bits per heavy atom. The summed E-state index contributed by atoms with van der Waals surface area (Å²) in [6.45, 7) is 0.406. The second-order valence-electron chi connectivity index (χ2n) is 6.27. The van der Waals surface area contributed by atoms with E-state index in [0.29, 0.717) is 30.1 Å². The van der Waals surface area contributed by atoms with Gasteiger partial charge in [-0.05, 0) is 71.2 Å². The number of benzene rings is 2. The number of nitrogens with zero attached hydrogens (tertiary/aromatic N) is 1. The van der Waals surface area contributed by atoms with Gasteiger partial charge in [0.1, 0.15) is 5.82 Å². The van der Waals surface area contributed by atoms with E-state index >= 15 is 0 Å². The molecule has 0 radical (unpaired) electrons. The van der Waals surface area contributed by atoms with Crippen LogP contribution in [0.5, 0.6) is 0 Å². The van der Waals surface area contributed by atoms with E-state index in [-0.39, 0.29) is 17.3 Å². The summed E-state index contributed by atoms with van der Waals surface area (Å²) in [7, 11) is -3.77. The van der Waals surface area contributed by atoms with Crippen molar-refractivity contribution in [1.29, 1.82) is 0 Å². The fourth-order valence-electron chi connectivity index (χ4n) is 2.95. The molecule has 1 heterocycles. The molecule has 1 fully saturated rings. The maximum absolute atomic E-state index is 13.1. The van der Waals surface area contributed by atoms with Gasteiger partial charge in [-0.25, -0.2) is 12.8 Å². The molecule has 2 aromatic carbocycles. The molecule has 1 aliphatic rings. The summed E-state index contributed by atoms with van der Waals surface area (Å²) in [4.78, 5) is 12.6. The summed E-state index contributed by atoms with van der Waals surface area (Å²) in [5.74, 6) is -1.23. The molecule has 3 rings (SSSR count). The van der Waals surface area contributed by atoms with Crippen LogP contribution in [0.1, 0.15) is 12.8 Å². The third kappa shape index (κ3) is 4.68. The van der Waals surface area contributed by atoms with Crippen molar-refractivity contribution in [2.75, 3.05) is 18.4 Å². The van der Waals surface area contributed by atoms with E-state index in [1.807, 2.05) is 0 Å². The maximum atomic E-state index is 13.1. The highest BCUT2D eigenvalue weighted by molar-refractivity contribution is 9.10. The molecule has 0 bridgehead atoms. The number of piperidine rings is 1. The topological polar surface area (TPSA) is 66.5 Å². The second-order valence-corrected chi connectivity index (χ2v) is 9.47. The Labute approximate surface area is 170 Å². The molecular weight excluding hydrogens is 459 g/mol. The minimum Gasteiger partial charge on any atom is -0.326 e. The average molecular weight is 476 g/mol. The molecule has 144 valence electrons. The van der Waals surface area contributed by atoms with Crippen LogP contribution in [-0.2, 0) is 14.8 Å². The molecule has 1 N–H and O–H groups in total. The van der Waals surface area contributed by atoms with Crippen LogP contribution >= 0.6 is 27.5 Å². The van der Waals surface area contributed by atoms with Crippen LogP contribution in [0.2, 0.25) is 5.02 Å². The Morgan fingerprint density at radius 1 is 1.22 bits per heavy atom. The van der Waals surface area contributed by atoms with E-state index in [2.05, 4.69) is 21.2 Å². The van der Waals surface area contributed by atoms with Crippen LogP contribution in [0.25, 0.3) is 0 Å². The van der Waals surface area contributed by atoms with Crippen LogP contribution in [0.3, 0.4) is 0 Å². The Morgan fingerprint density at radius 3 is 2.59 bits per heavy atom. The largest absolute Gasteiger partial charge is 0.326 e. The summed E-state index contributed by atoms with van der Waals surface area (Å²) in [6.07, 6.45) is 1.16. The molecule has 9 heteroatoms. The molecule has 1 aliphatic heterocycles. The van der Waals surface area contributed by atoms with Gasteiger partial charge in [0.2, 0.25) is 15.9 Å². The molecule has 1 atom stereocenters. The van der Waals surface area contributed by atoms with E-state index in [9.17, 15) is 17.6 Å². The predicted octanol–water partition coefficient (Wildman–Crippen LogP) is 4.28. The van der Waals surface area contributed by atoms with Crippen molar-refractivity contribution in [1.82, 2.24) is 4.31 Å². The zero-order valence-electron chi connectivity index (χ0n) is 14.2. The number of hydrogen-bond donors (Lipinski definition) is 1. The van der Waals surface area contributed by atoms with E-state index in [4.69, 9.17) is 11.6 Å². The number of nitrogens with one attached hydrogen (secondary N) is 1. The van der Waals surface area contributed by atoms with Gasteiger partial charge in [-0.1, -0.05) is 11.6 Å². The Hall–Kier alpha value is -1.48. The second kappa shape index (κ2) is 8.26. The smallest absolute Gasteiger partial charge is 0.243 e. The Bertz CT molecular complexity index is 954. The summed E-state index contributed by atoms with van der Waals surface area (Å²) < 4.78 is 40.6. The zero-order valence-corrected chi connectivity index (χ0v) is 17.3. The van der Waals surface area contributed by atoms with Crippen LogP contribution < -0.4 is 5.32 Å². The number of carbonyl (C=O) groups is 1. The van der Waals surface area contributed by atoms with Gasteiger partial charge < -0.3 is 5.32 Å². The van der Waals surface area contributed by atoms with E-state index in [1.165, 1.54) is 16.4 Å². The highest BCUT2D eigenvalue weighted by atomic mass is 79.9. The van der Waals surface area contributed by atoms with Gasteiger partial charge in [-0.3, -0.25) is 4.79 Å². The Balaban J connectivity index is 1.72. The number of hydrogen-bond acceptors (Lipinski definition) is 3. The number of amides is 1. The number of halogens is 3. The molecule has 0 aliphatic carbocycles. The SMILES string of the molecule is O=C(Nc1ccc(Br)c(Cl)c1)C1CCCN(S(=O)(=O)c2ccc(F)cc2)C1. The molecule has 27 heavy (non-hydrogen) atoms. The quantitative estimate of drug-likeness (QED) is 0.718. The lowest BCUT2D eigenvalue weighted by Crippen LogP contribution is -2.43. The zero-order chi connectivity index (χ0) is 19.6. The first kappa shape index (κ1) is 20.3. The van der Waals surface area contributed by atoms with Crippen LogP contribution in [0.15, 0.2) is 51.8 Å². The lowest BCUT2D eigenvalue weighted by atomic mass is 9.99. The average Bonchev–Trinajstić information content (AvgIpc) is 2.65. The van der Waals surface area contributed by atoms with Crippen LogP contribution in [-0.4, -0.2) is 31.7 Å². The first-order chi connectivity index (χ1) is 12.8. The number of anilines is 1.